The number of morpholine rings is 1. The fourth-order valence-electron chi connectivity index (χ4n) is 4.79. The van der Waals surface area contributed by atoms with E-state index in [-0.39, 0.29) is 25.5 Å². The van der Waals surface area contributed by atoms with Crippen LogP contribution in [0.1, 0.15) is 22.7 Å². The Morgan fingerprint density at radius 2 is 1.82 bits per heavy atom. The standard InChI is InChI=1S/C32H28ClN5O6/c1-37-18-22(28(36-37)25-17-23(33)11-14-27(25)39)10-7-20-8-12-24(13-9-20)34-30(40)26-19-44-16-15-38(26)31(41)29(35-32(42)43)21-5-3-2-4-6-21/h2-6,8-9,11-14,17-18,26,29,35,39H,15-16,19H2,1H3,(H,34,40)(H,42,43)/t26-,29+/m0/s1. The van der Waals surface area contributed by atoms with Crippen LogP contribution in [0.5, 0.6) is 5.75 Å². The molecular weight excluding hydrogens is 586 g/mol. The van der Waals surface area contributed by atoms with Crippen LogP contribution in [0.3, 0.4) is 0 Å². The monoisotopic (exact) mass is 613 g/mol. The summed E-state index contributed by atoms with van der Waals surface area (Å²) < 4.78 is 7.10. The third-order valence-corrected chi connectivity index (χ3v) is 7.13. The molecule has 1 aromatic heterocycles. The highest BCUT2D eigenvalue weighted by Gasteiger charge is 2.37. The molecule has 44 heavy (non-hydrogen) atoms. The molecule has 0 spiro atoms. The number of ether oxygens (including phenoxy) is 1. The maximum absolute atomic E-state index is 13.5. The lowest BCUT2D eigenvalue weighted by molar-refractivity contribution is -0.148. The molecule has 1 aliphatic heterocycles. The third kappa shape index (κ3) is 7.00. The number of hydrogen-bond donors (Lipinski definition) is 4. The number of carboxylic acid groups (broad SMARTS) is 1. The fourth-order valence-corrected chi connectivity index (χ4v) is 4.96. The smallest absolute Gasteiger partial charge is 0.405 e. The van der Waals surface area contributed by atoms with E-state index in [1.165, 1.54) is 11.0 Å². The number of phenols is 1. The summed E-state index contributed by atoms with van der Waals surface area (Å²) in [7, 11) is 1.75. The molecule has 1 saturated heterocycles. The zero-order valence-corrected chi connectivity index (χ0v) is 24.3. The van der Waals surface area contributed by atoms with E-state index in [1.54, 1.807) is 84.7 Å². The molecule has 4 aromatic rings. The Balaban J connectivity index is 1.30. The van der Waals surface area contributed by atoms with Crippen LogP contribution in [0.25, 0.3) is 11.3 Å². The number of aryl methyl sites for hydroxylation is 1. The normalized spacial score (nSPS) is 15.0. The Kier molecular flexibility index (Phi) is 9.14. The van der Waals surface area contributed by atoms with Gasteiger partial charge in [-0.1, -0.05) is 53.8 Å². The van der Waals surface area contributed by atoms with Gasteiger partial charge in [0.2, 0.25) is 5.91 Å². The summed E-state index contributed by atoms with van der Waals surface area (Å²) in [6.45, 7) is 0.303. The zero-order chi connectivity index (χ0) is 31.2. The van der Waals surface area contributed by atoms with Gasteiger partial charge in [-0.05, 0) is 48.0 Å². The van der Waals surface area contributed by atoms with Gasteiger partial charge in [-0.3, -0.25) is 14.3 Å². The minimum absolute atomic E-state index is 0.0358. The van der Waals surface area contributed by atoms with Crippen LogP contribution in [0.15, 0.2) is 79.0 Å². The Morgan fingerprint density at radius 1 is 1.07 bits per heavy atom. The molecule has 1 fully saturated rings. The number of anilines is 1. The Hall–Kier alpha value is -5.31. The van der Waals surface area contributed by atoms with E-state index < -0.39 is 30.0 Å². The second-order valence-electron chi connectivity index (χ2n) is 9.96. The van der Waals surface area contributed by atoms with Gasteiger partial charge in [0.1, 0.15) is 23.5 Å². The van der Waals surface area contributed by atoms with Crippen molar-refractivity contribution in [2.75, 3.05) is 25.1 Å². The van der Waals surface area contributed by atoms with Crippen LogP contribution < -0.4 is 10.6 Å². The number of aromatic nitrogens is 2. The Morgan fingerprint density at radius 3 is 2.55 bits per heavy atom. The number of amides is 3. The highest BCUT2D eigenvalue weighted by atomic mass is 35.5. The Bertz CT molecular complexity index is 1750. The topological polar surface area (TPSA) is 146 Å². The van der Waals surface area contributed by atoms with E-state index >= 15 is 0 Å². The van der Waals surface area contributed by atoms with Crippen molar-refractivity contribution in [2.24, 2.45) is 7.05 Å². The molecule has 5 rings (SSSR count). The molecule has 0 saturated carbocycles. The number of phenolic OH excluding ortho intramolecular Hbond substituents is 1. The summed E-state index contributed by atoms with van der Waals surface area (Å²) in [4.78, 5) is 39.6. The first kappa shape index (κ1) is 30.2. The van der Waals surface area contributed by atoms with Gasteiger partial charge in [0.25, 0.3) is 5.91 Å². The summed E-state index contributed by atoms with van der Waals surface area (Å²) in [6, 6.07) is 17.9. The number of carbonyl (C=O) groups excluding carboxylic acids is 2. The number of benzene rings is 3. The van der Waals surface area contributed by atoms with Crippen molar-refractivity contribution in [2.45, 2.75) is 12.1 Å². The molecule has 3 aromatic carbocycles. The summed E-state index contributed by atoms with van der Waals surface area (Å²) in [6.07, 6.45) is 0.386. The van der Waals surface area contributed by atoms with E-state index in [0.29, 0.717) is 38.7 Å². The van der Waals surface area contributed by atoms with Gasteiger partial charge in [0.05, 0.1) is 18.8 Å². The minimum Gasteiger partial charge on any atom is -0.507 e. The molecule has 0 unspecified atom stereocenters. The average Bonchev–Trinajstić information content (AvgIpc) is 3.40. The van der Waals surface area contributed by atoms with Crippen LogP contribution in [-0.2, 0) is 21.4 Å². The lowest BCUT2D eigenvalue weighted by Gasteiger charge is -2.36. The van der Waals surface area contributed by atoms with Gasteiger partial charge in [0, 0.05) is 41.6 Å². The lowest BCUT2D eigenvalue weighted by atomic mass is 10.0. The number of rotatable bonds is 6. The minimum atomic E-state index is -1.35. The average molecular weight is 614 g/mol. The van der Waals surface area contributed by atoms with Gasteiger partial charge < -0.3 is 30.5 Å². The van der Waals surface area contributed by atoms with Crippen LogP contribution in [0, 0.1) is 11.8 Å². The molecule has 1 aliphatic rings. The molecule has 3 amide bonds. The van der Waals surface area contributed by atoms with E-state index in [9.17, 15) is 24.6 Å². The van der Waals surface area contributed by atoms with Gasteiger partial charge in [0.15, 0.2) is 0 Å². The largest absolute Gasteiger partial charge is 0.507 e. The predicted octanol–water partition coefficient (Wildman–Crippen LogP) is 4.02. The predicted molar refractivity (Wildman–Crippen MR) is 163 cm³/mol. The highest BCUT2D eigenvalue weighted by Crippen LogP contribution is 2.32. The maximum Gasteiger partial charge on any atom is 0.405 e. The number of nitrogens with zero attached hydrogens (tertiary/aromatic N) is 3. The number of halogens is 1. The molecule has 12 heteroatoms. The molecule has 2 heterocycles. The van der Waals surface area contributed by atoms with Crippen LogP contribution in [0.2, 0.25) is 5.02 Å². The van der Waals surface area contributed by atoms with Crippen molar-refractivity contribution in [3.05, 3.63) is 101 Å². The summed E-state index contributed by atoms with van der Waals surface area (Å²) in [5.74, 6) is 5.17. The van der Waals surface area contributed by atoms with E-state index in [0.717, 1.165) is 0 Å². The summed E-state index contributed by atoms with van der Waals surface area (Å²) in [5.41, 5.74) is 3.16. The third-order valence-electron chi connectivity index (χ3n) is 6.90. The maximum atomic E-state index is 13.5. The number of carbonyl (C=O) groups is 3. The fraction of sp³-hybridized carbons (Fsp3) is 0.188. The number of hydrogen-bond acceptors (Lipinski definition) is 6. The first-order chi connectivity index (χ1) is 21.2. The quantitative estimate of drug-likeness (QED) is 0.240. The van der Waals surface area contributed by atoms with Gasteiger partial charge in [-0.2, -0.15) is 5.10 Å². The van der Waals surface area contributed by atoms with Gasteiger partial charge in [-0.15, -0.1) is 0 Å². The van der Waals surface area contributed by atoms with Gasteiger partial charge in [-0.25, -0.2) is 4.79 Å². The van der Waals surface area contributed by atoms with E-state index in [1.807, 2.05) is 0 Å². The van der Waals surface area contributed by atoms with Crippen molar-refractivity contribution in [3.8, 4) is 28.8 Å². The van der Waals surface area contributed by atoms with Crippen molar-refractivity contribution in [3.63, 3.8) is 0 Å². The van der Waals surface area contributed by atoms with Crippen LogP contribution >= 0.6 is 11.6 Å². The SMILES string of the molecule is Cn1cc(C#Cc2ccc(NC(=O)[C@@H]3COCCN3C(=O)[C@H](NC(=O)O)c3ccccc3)cc2)c(-c2cc(Cl)ccc2O)n1. The summed E-state index contributed by atoms with van der Waals surface area (Å²) in [5, 5.41) is 29.6. The second-order valence-corrected chi connectivity index (χ2v) is 10.4. The number of nitrogens with one attached hydrogen (secondary N) is 2. The molecule has 4 N–H and O–H groups in total. The summed E-state index contributed by atoms with van der Waals surface area (Å²) >= 11 is 6.12. The van der Waals surface area contributed by atoms with Gasteiger partial charge >= 0.3 is 6.09 Å². The van der Waals surface area contributed by atoms with E-state index in [2.05, 4.69) is 27.6 Å². The van der Waals surface area contributed by atoms with Crippen molar-refractivity contribution in [1.29, 1.82) is 0 Å². The molecule has 0 aliphatic carbocycles. The number of aromatic hydroxyl groups is 1. The second kappa shape index (κ2) is 13.3. The molecule has 0 radical (unpaired) electrons. The molecule has 2 atom stereocenters. The molecule has 224 valence electrons. The van der Waals surface area contributed by atoms with Crippen molar-refractivity contribution in [1.82, 2.24) is 20.0 Å². The van der Waals surface area contributed by atoms with Crippen LogP contribution in [-0.4, -0.2) is 68.6 Å². The van der Waals surface area contributed by atoms with Crippen LogP contribution in [0.4, 0.5) is 10.5 Å². The van der Waals surface area contributed by atoms with Crippen molar-refractivity contribution >= 4 is 35.2 Å². The molecule has 11 nitrogen and oxygen atoms in total. The lowest BCUT2D eigenvalue weighted by Crippen LogP contribution is -2.57. The Labute approximate surface area is 258 Å². The molecular formula is C32H28ClN5O6. The molecule has 0 bridgehead atoms. The van der Waals surface area contributed by atoms with Crippen molar-refractivity contribution < 1.29 is 29.3 Å². The first-order valence-electron chi connectivity index (χ1n) is 13.6. The first-order valence-corrected chi connectivity index (χ1v) is 14.0. The zero-order valence-electron chi connectivity index (χ0n) is 23.5. The highest BCUT2D eigenvalue weighted by molar-refractivity contribution is 6.31. The van der Waals surface area contributed by atoms with E-state index in [4.69, 9.17) is 16.3 Å².